The first-order valence-corrected chi connectivity index (χ1v) is 6.57. The van der Waals surface area contributed by atoms with Gasteiger partial charge >= 0.3 is 0 Å². The van der Waals surface area contributed by atoms with Crippen molar-refractivity contribution in [3.63, 3.8) is 0 Å². The molecule has 1 saturated heterocycles. The van der Waals surface area contributed by atoms with E-state index in [2.05, 4.69) is 59.4 Å². The zero-order valence-electron chi connectivity index (χ0n) is 11.0. The van der Waals surface area contributed by atoms with E-state index in [-0.39, 0.29) is 0 Å². The van der Waals surface area contributed by atoms with Crippen LogP contribution in [0.3, 0.4) is 0 Å². The van der Waals surface area contributed by atoms with E-state index in [1.807, 2.05) is 0 Å². The van der Waals surface area contributed by atoms with Gasteiger partial charge in [-0.05, 0) is 32.4 Å². The Balaban J connectivity index is 1.97. The van der Waals surface area contributed by atoms with Crippen molar-refractivity contribution in [2.24, 2.45) is 0 Å². The molecule has 1 aromatic heterocycles. The summed E-state index contributed by atoms with van der Waals surface area (Å²) in [7, 11) is 0. The lowest BCUT2D eigenvalue weighted by molar-refractivity contribution is 0.488. The Labute approximate surface area is 108 Å². The van der Waals surface area contributed by atoms with Crippen molar-refractivity contribution in [3.8, 4) is 11.1 Å². The van der Waals surface area contributed by atoms with Crippen molar-refractivity contribution in [2.45, 2.75) is 26.3 Å². The maximum Gasteiger partial charge on any atom is 0.0672 e. The molecule has 0 aliphatic carbocycles. The molecular formula is C15H19N3. The van der Waals surface area contributed by atoms with E-state index in [9.17, 15) is 0 Å². The number of nitrogens with zero attached hydrogens (tertiary/aromatic N) is 2. The quantitative estimate of drug-likeness (QED) is 0.876. The highest BCUT2D eigenvalue weighted by molar-refractivity contribution is 5.65. The second-order valence-corrected chi connectivity index (χ2v) is 5.12. The molecule has 0 spiro atoms. The van der Waals surface area contributed by atoms with Crippen LogP contribution >= 0.6 is 0 Å². The van der Waals surface area contributed by atoms with Gasteiger partial charge in [0.25, 0.3) is 0 Å². The number of benzene rings is 1. The Morgan fingerprint density at radius 1 is 1.33 bits per heavy atom. The van der Waals surface area contributed by atoms with Crippen molar-refractivity contribution in [1.29, 1.82) is 0 Å². The zero-order chi connectivity index (χ0) is 12.5. The Kier molecular flexibility index (Phi) is 2.92. The molecule has 2 heterocycles. The minimum absolute atomic E-state index is 0.516. The van der Waals surface area contributed by atoms with Crippen molar-refractivity contribution >= 4 is 0 Å². The van der Waals surface area contributed by atoms with Crippen LogP contribution in [0.15, 0.2) is 30.5 Å². The maximum absolute atomic E-state index is 4.68. The molecule has 0 bridgehead atoms. The molecule has 2 aromatic rings. The minimum Gasteiger partial charge on any atom is -0.315 e. The third-order valence-electron chi connectivity index (χ3n) is 3.65. The van der Waals surface area contributed by atoms with Gasteiger partial charge in [-0.25, -0.2) is 0 Å². The summed E-state index contributed by atoms with van der Waals surface area (Å²) in [6.45, 7) is 6.36. The second kappa shape index (κ2) is 4.58. The van der Waals surface area contributed by atoms with Crippen molar-refractivity contribution in [2.75, 3.05) is 13.1 Å². The smallest absolute Gasteiger partial charge is 0.0672 e. The van der Waals surface area contributed by atoms with Gasteiger partial charge in [0.05, 0.1) is 11.7 Å². The molecule has 0 radical (unpaired) electrons. The van der Waals surface area contributed by atoms with Gasteiger partial charge in [-0.2, -0.15) is 5.10 Å². The number of nitrogens with one attached hydrogen (secondary N) is 1. The first kappa shape index (κ1) is 11.5. The van der Waals surface area contributed by atoms with Crippen LogP contribution < -0.4 is 5.32 Å². The highest BCUT2D eigenvalue weighted by Gasteiger charge is 2.18. The number of aromatic nitrogens is 2. The average Bonchev–Trinajstić information content (AvgIpc) is 2.97. The van der Waals surface area contributed by atoms with Gasteiger partial charge in [0.15, 0.2) is 0 Å². The van der Waals surface area contributed by atoms with Gasteiger partial charge in [0.2, 0.25) is 0 Å². The molecular weight excluding hydrogens is 222 g/mol. The van der Waals surface area contributed by atoms with Gasteiger partial charge in [0.1, 0.15) is 0 Å². The molecule has 1 aliphatic rings. The molecule has 0 saturated carbocycles. The fourth-order valence-corrected chi connectivity index (χ4v) is 2.63. The lowest BCUT2D eigenvalue weighted by Gasteiger charge is -2.07. The Morgan fingerprint density at radius 3 is 2.94 bits per heavy atom. The topological polar surface area (TPSA) is 29.9 Å². The van der Waals surface area contributed by atoms with Crippen LogP contribution in [0.25, 0.3) is 11.1 Å². The van der Waals surface area contributed by atoms with Crippen molar-refractivity contribution in [3.05, 3.63) is 41.7 Å². The highest BCUT2D eigenvalue weighted by Crippen LogP contribution is 2.26. The fourth-order valence-electron chi connectivity index (χ4n) is 2.63. The van der Waals surface area contributed by atoms with Crippen molar-refractivity contribution in [1.82, 2.24) is 15.1 Å². The molecule has 94 valence electrons. The molecule has 18 heavy (non-hydrogen) atoms. The zero-order valence-corrected chi connectivity index (χ0v) is 11.0. The monoisotopic (exact) mass is 241 g/mol. The van der Waals surface area contributed by atoms with Gasteiger partial charge in [-0.15, -0.1) is 0 Å². The summed E-state index contributed by atoms with van der Waals surface area (Å²) >= 11 is 0. The molecule has 3 nitrogen and oxygen atoms in total. The molecule has 1 atom stereocenters. The molecule has 1 N–H and O–H groups in total. The number of hydrogen-bond acceptors (Lipinski definition) is 2. The van der Waals surface area contributed by atoms with E-state index in [0.29, 0.717) is 6.04 Å². The molecule has 3 heteroatoms. The molecule has 1 aromatic carbocycles. The van der Waals surface area contributed by atoms with E-state index in [1.54, 1.807) is 0 Å². The normalized spacial score (nSPS) is 19.3. The summed E-state index contributed by atoms with van der Waals surface area (Å²) < 4.78 is 2.13. The Morgan fingerprint density at radius 2 is 2.22 bits per heavy atom. The summed E-state index contributed by atoms with van der Waals surface area (Å²) in [5, 5.41) is 8.06. The van der Waals surface area contributed by atoms with E-state index < -0.39 is 0 Å². The lowest BCUT2D eigenvalue weighted by Crippen LogP contribution is -2.13. The second-order valence-electron chi connectivity index (χ2n) is 5.12. The van der Waals surface area contributed by atoms with Gasteiger partial charge < -0.3 is 5.32 Å². The van der Waals surface area contributed by atoms with Crippen LogP contribution in [-0.2, 0) is 0 Å². The number of hydrogen-bond donors (Lipinski definition) is 1. The first-order chi connectivity index (χ1) is 8.74. The maximum atomic E-state index is 4.68. The summed E-state index contributed by atoms with van der Waals surface area (Å²) in [5.41, 5.74) is 4.94. The molecule has 0 amide bonds. The van der Waals surface area contributed by atoms with Crippen LogP contribution in [0, 0.1) is 13.8 Å². The standard InChI is InChI=1S/C15H19N3/c1-11-4-3-5-13(8-11)15-10-18(17-12(15)2)14-6-7-16-9-14/h3-5,8,10,14,16H,6-7,9H2,1-2H3. The van der Waals surface area contributed by atoms with Crippen LogP contribution in [0.1, 0.15) is 23.7 Å². The van der Waals surface area contributed by atoms with Gasteiger partial charge in [0, 0.05) is 18.3 Å². The van der Waals surface area contributed by atoms with Crippen molar-refractivity contribution < 1.29 is 0 Å². The summed E-state index contributed by atoms with van der Waals surface area (Å²) in [5.74, 6) is 0. The van der Waals surface area contributed by atoms with E-state index in [4.69, 9.17) is 0 Å². The predicted molar refractivity (Wildman–Crippen MR) is 73.7 cm³/mol. The molecule has 3 rings (SSSR count). The predicted octanol–water partition coefficient (Wildman–Crippen LogP) is 2.70. The van der Waals surface area contributed by atoms with Crippen LogP contribution in [0.4, 0.5) is 0 Å². The Bertz CT molecular complexity index is 551. The summed E-state index contributed by atoms with van der Waals surface area (Å²) in [6, 6.07) is 9.14. The molecule has 1 fully saturated rings. The average molecular weight is 241 g/mol. The van der Waals surface area contributed by atoms with Crippen LogP contribution in [0.2, 0.25) is 0 Å². The SMILES string of the molecule is Cc1cccc(-c2cn(C3CCNC3)nc2C)c1. The van der Waals surface area contributed by atoms with Crippen LogP contribution in [-0.4, -0.2) is 22.9 Å². The Hall–Kier alpha value is -1.61. The van der Waals surface area contributed by atoms with Crippen LogP contribution in [0.5, 0.6) is 0 Å². The van der Waals surface area contributed by atoms with Gasteiger partial charge in [-0.1, -0.05) is 29.8 Å². The minimum atomic E-state index is 0.516. The highest BCUT2D eigenvalue weighted by atomic mass is 15.3. The van der Waals surface area contributed by atoms with Gasteiger partial charge in [-0.3, -0.25) is 4.68 Å². The lowest BCUT2D eigenvalue weighted by atomic mass is 10.0. The fraction of sp³-hybridized carbons (Fsp3) is 0.400. The molecule has 1 unspecified atom stereocenters. The number of aryl methyl sites for hydroxylation is 2. The van der Waals surface area contributed by atoms with E-state index in [1.165, 1.54) is 23.1 Å². The summed E-state index contributed by atoms with van der Waals surface area (Å²) in [6.07, 6.45) is 3.37. The third-order valence-corrected chi connectivity index (χ3v) is 3.65. The first-order valence-electron chi connectivity index (χ1n) is 6.57. The summed E-state index contributed by atoms with van der Waals surface area (Å²) in [4.78, 5) is 0. The molecule has 1 aliphatic heterocycles. The largest absolute Gasteiger partial charge is 0.315 e. The van der Waals surface area contributed by atoms with E-state index in [0.717, 1.165) is 18.8 Å². The van der Waals surface area contributed by atoms with E-state index >= 15 is 0 Å². The third kappa shape index (κ3) is 2.06. The number of rotatable bonds is 2.